The Bertz CT molecular complexity index is 451. The van der Waals surface area contributed by atoms with E-state index < -0.39 is 0 Å². The molecule has 1 heterocycles. The minimum Gasteiger partial charge on any atom is -0.237 e. The van der Waals surface area contributed by atoms with Crippen molar-refractivity contribution in [2.45, 2.75) is 155 Å². The molecular weight excluding hydrogens is 352 g/mol. The van der Waals surface area contributed by atoms with Crippen LogP contribution in [0.1, 0.15) is 149 Å². The molecule has 0 aromatic carbocycles. The monoisotopic (exact) mass is 405 g/mol. The summed E-state index contributed by atoms with van der Waals surface area (Å²) in [5, 5.41) is 0. The topological polar surface area (TPSA) is 8.81 Å². The Morgan fingerprint density at radius 2 is 1.07 bits per heavy atom. The average molecular weight is 406 g/mol. The smallest absolute Gasteiger partial charge is 0.237 e. The lowest BCUT2D eigenvalue weighted by Gasteiger charge is -2.08. The zero-order valence-electron chi connectivity index (χ0n) is 20.3. The van der Waals surface area contributed by atoms with Crippen molar-refractivity contribution >= 4 is 0 Å². The molecule has 0 bridgehead atoms. The van der Waals surface area contributed by atoms with Crippen LogP contribution in [0.25, 0.3) is 0 Å². The van der Waals surface area contributed by atoms with Gasteiger partial charge in [-0.05, 0) is 32.6 Å². The van der Waals surface area contributed by atoms with E-state index in [4.69, 9.17) is 0 Å². The van der Waals surface area contributed by atoms with E-state index in [9.17, 15) is 0 Å². The summed E-state index contributed by atoms with van der Waals surface area (Å²) >= 11 is 0. The number of aromatic nitrogens is 2. The Balaban J connectivity index is 1.87. The second-order valence-corrected chi connectivity index (χ2v) is 9.39. The van der Waals surface area contributed by atoms with Gasteiger partial charge in [0.15, 0.2) is 0 Å². The van der Waals surface area contributed by atoms with Crippen molar-refractivity contribution < 1.29 is 4.57 Å². The molecule has 170 valence electrons. The van der Waals surface area contributed by atoms with Gasteiger partial charge in [0.2, 0.25) is 6.33 Å². The summed E-state index contributed by atoms with van der Waals surface area (Å²) in [4.78, 5) is 0. The van der Waals surface area contributed by atoms with Gasteiger partial charge in [0, 0.05) is 0 Å². The standard InChI is InChI=1S/C27H53N2/c1-4-6-8-9-10-11-12-13-14-15-16-17-18-19-20-22-27(3)29-25-24-28(26-29)23-21-7-5-2/h24-27H,4-23H2,1-3H3/q+1. The Labute approximate surface area is 183 Å². The van der Waals surface area contributed by atoms with E-state index in [0.29, 0.717) is 6.04 Å². The number of rotatable bonds is 21. The van der Waals surface area contributed by atoms with Gasteiger partial charge in [-0.25, -0.2) is 9.13 Å². The SMILES string of the molecule is CCCCCCCCCCCCCCCCCC(C)n1cc[n+](CCCCC)c1. The highest BCUT2D eigenvalue weighted by atomic mass is 15.1. The van der Waals surface area contributed by atoms with Crippen LogP contribution in [0.5, 0.6) is 0 Å². The number of aryl methyl sites for hydroxylation is 1. The molecule has 0 saturated carbocycles. The molecule has 0 aliphatic rings. The summed E-state index contributed by atoms with van der Waals surface area (Å²) in [6, 6.07) is 0.643. The summed E-state index contributed by atoms with van der Waals surface area (Å²) in [5.74, 6) is 0. The van der Waals surface area contributed by atoms with Crippen LogP contribution in [0, 0.1) is 0 Å². The highest BCUT2D eigenvalue weighted by Gasteiger charge is 2.11. The molecule has 29 heavy (non-hydrogen) atoms. The van der Waals surface area contributed by atoms with Gasteiger partial charge in [-0.1, -0.05) is 110 Å². The van der Waals surface area contributed by atoms with Gasteiger partial charge in [-0.15, -0.1) is 0 Å². The zero-order valence-corrected chi connectivity index (χ0v) is 20.3. The molecule has 1 rings (SSSR count). The van der Waals surface area contributed by atoms with Gasteiger partial charge in [0.25, 0.3) is 0 Å². The predicted molar refractivity (Wildman–Crippen MR) is 128 cm³/mol. The fraction of sp³-hybridized carbons (Fsp3) is 0.889. The van der Waals surface area contributed by atoms with Crippen molar-refractivity contribution in [3.8, 4) is 0 Å². The fourth-order valence-corrected chi connectivity index (χ4v) is 4.31. The Kier molecular flexibility index (Phi) is 17.4. The van der Waals surface area contributed by atoms with Gasteiger partial charge in [0.05, 0.1) is 12.6 Å². The number of unbranched alkanes of at least 4 members (excludes halogenated alkanes) is 16. The maximum absolute atomic E-state index is 2.41. The lowest BCUT2D eigenvalue weighted by molar-refractivity contribution is -0.697. The lowest BCUT2D eigenvalue weighted by Crippen LogP contribution is -2.31. The highest BCUT2D eigenvalue weighted by Crippen LogP contribution is 2.17. The Morgan fingerprint density at radius 1 is 0.621 bits per heavy atom. The second-order valence-electron chi connectivity index (χ2n) is 9.39. The molecule has 0 fully saturated rings. The summed E-state index contributed by atoms with van der Waals surface area (Å²) in [5.41, 5.74) is 0. The number of hydrogen-bond acceptors (Lipinski definition) is 0. The molecule has 0 N–H and O–H groups in total. The molecule has 0 amide bonds. The van der Waals surface area contributed by atoms with Crippen LogP contribution in [0.15, 0.2) is 18.7 Å². The van der Waals surface area contributed by atoms with E-state index in [1.54, 1.807) is 0 Å². The highest BCUT2D eigenvalue weighted by molar-refractivity contribution is 4.72. The van der Waals surface area contributed by atoms with Crippen LogP contribution < -0.4 is 4.57 Å². The molecule has 0 aliphatic carbocycles. The first-order valence-corrected chi connectivity index (χ1v) is 13.3. The maximum atomic E-state index is 2.41. The third-order valence-electron chi connectivity index (χ3n) is 6.47. The average Bonchev–Trinajstić information content (AvgIpc) is 3.20. The first kappa shape index (κ1) is 26.2. The Morgan fingerprint density at radius 3 is 1.59 bits per heavy atom. The molecule has 0 saturated heterocycles. The van der Waals surface area contributed by atoms with Crippen molar-refractivity contribution in [2.24, 2.45) is 0 Å². The van der Waals surface area contributed by atoms with Gasteiger partial charge in [-0.3, -0.25) is 0 Å². The van der Waals surface area contributed by atoms with Crippen LogP contribution >= 0.6 is 0 Å². The van der Waals surface area contributed by atoms with Gasteiger partial charge < -0.3 is 0 Å². The van der Waals surface area contributed by atoms with Crippen molar-refractivity contribution in [1.82, 2.24) is 4.57 Å². The third kappa shape index (κ3) is 14.8. The molecular formula is C27H53N2+. The summed E-state index contributed by atoms with van der Waals surface area (Å²) in [6.07, 6.45) is 33.8. The minimum absolute atomic E-state index is 0.643. The number of imidazole rings is 1. The van der Waals surface area contributed by atoms with E-state index in [0.717, 1.165) is 0 Å². The lowest BCUT2D eigenvalue weighted by atomic mass is 10.0. The molecule has 2 heteroatoms. The maximum Gasteiger partial charge on any atom is 0.243 e. The fourth-order valence-electron chi connectivity index (χ4n) is 4.31. The Hall–Kier alpha value is -0.790. The zero-order chi connectivity index (χ0) is 21.0. The van der Waals surface area contributed by atoms with Crippen LogP contribution in [0.2, 0.25) is 0 Å². The van der Waals surface area contributed by atoms with Crippen molar-refractivity contribution in [2.75, 3.05) is 0 Å². The molecule has 0 spiro atoms. The van der Waals surface area contributed by atoms with Crippen LogP contribution in [-0.2, 0) is 6.54 Å². The van der Waals surface area contributed by atoms with Crippen LogP contribution in [-0.4, -0.2) is 4.57 Å². The van der Waals surface area contributed by atoms with Crippen LogP contribution in [0.4, 0.5) is 0 Å². The molecule has 1 unspecified atom stereocenters. The predicted octanol–water partition coefficient (Wildman–Crippen LogP) is 8.79. The number of hydrogen-bond donors (Lipinski definition) is 0. The van der Waals surface area contributed by atoms with Crippen LogP contribution in [0.3, 0.4) is 0 Å². The minimum atomic E-state index is 0.643. The molecule has 0 aliphatic heterocycles. The van der Waals surface area contributed by atoms with Gasteiger partial charge in [-0.2, -0.15) is 0 Å². The van der Waals surface area contributed by atoms with E-state index in [-0.39, 0.29) is 0 Å². The van der Waals surface area contributed by atoms with E-state index in [2.05, 4.69) is 48.6 Å². The second kappa shape index (κ2) is 19.2. The summed E-state index contributed by atoms with van der Waals surface area (Å²) in [6.45, 7) is 8.12. The molecule has 1 atom stereocenters. The molecule has 0 radical (unpaired) electrons. The first-order valence-electron chi connectivity index (χ1n) is 13.3. The molecule has 2 nitrogen and oxygen atoms in total. The first-order chi connectivity index (χ1) is 14.3. The summed E-state index contributed by atoms with van der Waals surface area (Å²) < 4.78 is 4.77. The van der Waals surface area contributed by atoms with Crippen molar-refractivity contribution in [3.63, 3.8) is 0 Å². The van der Waals surface area contributed by atoms with Gasteiger partial charge in [0.1, 0.15) is 12.4 Å². The van der Waals surface area contributed by atoms with E-state index in [1.807, 2.05) is 0 Å². The third-order valence-corrected chi connectivity index (χ3v) is 6.47. The quantitative estimate of drug-likeness (QED) is 0.143. The van der Waals surface area contributed by atoms with E-state index in [1.165, 1.54) is 129 Å². The number of nitrogens with zero attached hydrogens (tertiary/aromatic N) is 2. The van der Waals surface area contributed by atoms with E-state index >= 15 is 0 Å². The van der Waals surface area contributed by atoms with Crippen molar-refractivity contribution in [3.05, 3.63) is 18.7 Å². The molecule has 1 aromatic heterocycles. The largest absolute Gasteiger partial charge is 0.243 e. The summed E-state index contributed by atoms with van der Waals surface area (Å²) in [7, 11) is 0. The molecule has 1 aromatic rings. The normalized spacial score (nSPS) is 12.5. The van der Waals surface area contributed by atoms with Gasteiger partial charge >= 0.3 is 0 Å². The van der Waals surface area contributed by atoms with Crippen molar-refractivity contribution in [1.29, 1.82) is 0 Å².